The molecule has 0 unspecified atom stereocenters. The molecule has 1 fully saturated rings. The number of hydrogen-bond donors (Lipinski definition) is 2. The number of pyridine rings is 1. The van der Waals surface area contributed by atoms with Crippen molar-refractivity contribution >= 4 is 27.6 Å². The maximum absolute atomic E-state index is 13.5. The van der Waals surface area contributed by atoms with Crippen LogP contribution in [-0.2, 0) is 19.5 Å². The van der Waals surface area contributed by atoms with Crippen molar-refractivity contribution in [1.29, 1.82) is 0 Å². The Morgan fingerprint density at radius 2 is 1.97 bits per heavy atom. The van der Waals surface area contributed by atoms with Gasteiger partial charge in [-0.25, -0.2) is 23.4 Å². The molecule has 4 rings (SSSR count). The predicted molar refractivity (Wildman–Crippen MR) is 136 cm³/mol. The molecule has 1 aliphatic rings. The molecular formula is C22H29ClN8O5S. The summed E-state index contributed by atoms with van der Waals surface area (Å²) in [5, 5.41) is 11.0. The fourth-order valence-electron chi connectivity index (χ4n) is 4.00. The van der Waals surface area contributed by atoms with E-state index in [0.717, 1.165) is 6.54 Å². The van der Waals surface area contributed by atoms with E-state index in [1.807, 2.05) is 6.92 Å². The second-order valence-corrected chi connectivity index (χ2v) is 10.9. The molecule has 0 bridgehead atoms. The van der Waals surface area contributed by atoms with Crippen LogP contribution in [0.25, 0.3) is 11.5 Å². The van der Waals surface area contributed by atoms with Gasteiger partial charge < -0.3 is 19.5 Å². The molecule has 200 valence electrons. The van der Waals surface area contributed by atoms with Gasteiger partial charge in [-0.05, 0) is 19.9 Å². The van der Waals surface area contributed by atoms with Crippen molar-refractivity contribution in [3.05, 3.63) is 41.4 Å². The number of morpholine rings is 1. The van der Waals surface area contributed by atoms with E-state index in [1.165, 1.54) is 33.5 Å². The van der Waals surface area contributed by atoms with Crippen molar-refractivity contribution < 1.29 is 22.6 Å². The van der Waals surface area contributed by atoms with E-state index < -0.39 is 21.4 Å². The molecule has 1 saturated heterocycles. The van der Waals surface area contributed by atoms with Gasteiger partial charge in [-0.3, -0.25) is 9.29 Å². The van der Waals surface area contributed by atoms with Crippen molar-refractivity contribution in [1.82, 2.24) is 35.0 Å². The van der Waals surface area contributed by atoms with Gasteiger partial charge in [0.25, 0.3) is 0 Å². The van der Waals surface area contributed by atoms with Crippen LogP contribution in [0.1, 0.15) is 31.8 Å². The highest BCUT2D eigenvalue weighted by molar-refractivity contribution is 7.93. The maximum Gasteiger partial charge on any atom is 0.240 e. The summed E-state index contributed by atoms with van der Waals surface area (Å²) < 4.78 is 47.9. The molecule has 2 N–H and O–H groups in total. The Kier molecular flexibility index (Phi) is 8.54. The van der Waals surface area contributed by atoms with Gasteiger partial charge in [0.2, 0.25) is 21.9 Å². The van der Waals surface area contributed by atoms with Crippen LogP contribution < -0.4 is 14.8 Å². The smallest absolute Gasteiger partial charge is 0.240 e. The molecule has 4 atom stereocenters. The molecule has 0 aromatic carbocycles. The molecule has 13 nitrogen and oxygen atoms in total. The van der Waals surface area contributed by atoms with Crippen LogP contribution in [-0.4, -0.2) is 83.4 Å². The molecule has 0 aliphatic carbocycles. The van der Waals surface area contributed by atoms with Crippen LogP contribution >= 0.6 is 11.6 Å². The Balaban J connectivity index is 1.70. The first-order valence-electron chi connectivity index (χ1n) is 11.6. The van der Waals surface area contributed by atoms with Gasteiger partial charge in [-0.15, -0.1) is 10.2 Å². The number of methoxy groups -OCH3 is 2. The van der Waals surface area contributed by atoms with Crippen LogP contribution in [0.15, 0.2) is 30.6 Å². The lowest BCUT2D eigenvalue weighted by Gasteiger charge is -2.31. The second-order valence-electron chi connectivity index (χ2n) is 8.40. The van der Waals surface area contributed by atoms with Gasteiger partial charge in [-0.2, -0.15) is 0 Å². The number of hydrogen-bond acceptors (Lipinski definition) is 11. The average Bonchev–Trinajstić information content (AvgIpc) is 3.32. The number of sulfonamides is 1. The van der Waals surface area contributed by atoms with Gasteiger partial charge in [-0.1, -0.05) is 17.7 Å². The first-order chi connectivity index (χ1) is 17.7. The summed E-state index contributed by atoms with van der Waals surface area (Å²) in [7, 11) is -1.16. The van der Waals surface area contributed by atoms with E-state index in [0.29, 0.717) is 35.6 Å². The maximum atomic E-state index is 13.5. The van der Waals surface area contributed by atoms with E-state index in [1.54, 1.807) is 22.8 Å². The minimum Gasteiger partial charge on any atom is -0.481 e. The number of aromatic nitrogens is 6. The summed E-state index contributed by atoms with van der Waals surface area (Å²) in [6.07, 6.45) is 1.54. The number of halogens is 1. The minimum absolute atomic E-state index is 0.0139. The largest absolute Gasteiger partial charge is 0.481 e. The topological polar surface area (TPSA) is 155 Å². The Hall–Kier alpha value is -2.91. The van der Waals surface area contributed by atoms with Gasteiger partial charge in [0.1, 0.15) is 17.0 Å². The number of anilines is 1. The Bertz CT molecular complexity index is 1300. The number of ether oxygens (including phenoxy) is 3. The number of nitrogens with one attached hydrogen (secondary N) is 2. The molecule has 4 heterocycles. The molecule has 0 spiro atoms. The van der Waals surface area contributed by atoms with E-state index in [9.17, 15) is 8.42 Å². The van der Waals surface area contributed by atoms with Crippen molar-refractivity contribution in [2.75, 3.05) is 38.6 Å². The first-order valence-corrected chi connectivity index (χ1v) is 13.5. The van der Waals surface area contributed by atoms with Crippen LogP contribution in [0.5, 0.6) is 5.88 Å². The quantitative estimate of drug-likeness (QED) is 0.378. The van der Waals surface area contributed by atoms with Crippen LogP contribution in [0.4, 0.5) is 5.95 Å². The van der Waals surface area contributed by atoms with Gasteiger partial charge in [0, 0.05) is 38.7 Å². The summed E-state index contributed by atoms with van der Waals surface area (Å²) in [5.41, 5.74) is 0.463. The normalized spacial score (nSPS) is 18.7. The van der Waals surface area contributed by atoms with Crippen molar-refractivity contribution in [2.45, 2.75) is 37.3 Å². The van der Waals surface area contributed by atoms with E-state index in [2.05, 4.69) is 35.2 Å². The highest BCUT2D eigenvalue weighted by Gasteiger charge is 2.36. The highest BCUT2D eigenvalue weighted by atomic mass is 35.5. The first kappa shape index (κ1) is 27.1. The van der Waals surface area contributed by atoms with E-state index in [4.69, 9.17) is 25.8 Å². The Morgan fingerprint density at radius 3 is 2.62 bits per heavy atom. The summed E-state index contributed by atoms with van der Waals surface area (Å²) in [4.78, 5) is 12.7. The molecular weight excluding hydrogens is 524 g/mol. The van der Waals surface area contributed by atoms with E-state index in [-0.39, 0.29) is 23.9 Å². The third kappa shape index (κ3) is 5.99. The van der Waals surface area contributed by atoms with Crippen molar-refractivity contribution in [2.24, 2.45) is 0 Å². The lowest BCUT2D eigenvalue weighted by atomic mass is 10.1. The molecule has 0 amide bonds. The highest BCUT2D eigenvalue weighted by Crippen LogP contribution is 2.30. The standard InChI is InChI=1S/C22H29ClN8O5S/c1-13(17-12-24-8-9-36-17)31-21(16-6-5-7-18(27-16)34-3)28-29-22(31)30-37(32,33)14(2)19(35-4)20-25-10-15(23)11-26-20/h5-7,10-11,13-14,17,19,24H,8-9,12H2,1-4H3,(H,29,30)/t13-,14-,17-,19-/m0/s1. The average molecular weight is 553 g/mol. The Morgan fingerprint density at radius 1 is 1.22 bits per heavy atom. The summed E-state index contributed by atoms with van der Waals surface area (Å²) in [6.45, 7) is 5.24. The SMILES string of the molecule is COc1cccc(-c2nnc(NS(=O)(=O)[C@@H](C)[C@H](OC)c3ncc(Cl)cn3)n2[C@@H](C)[C@@H]2CNCCO2)n1. The molecule has 1 aliphatic heterocycles. The number of rotatable bonds is 10. The summed E-state index contributed by atoms with van der Waals surface area (Å²) in [6, 6.07) is 4.87. The van der Waals surface area contributed by atoms with Crippen LogP contribution in [0.3, 0.4) is 0 Å². The van der Waals surface area contributed by atoms with Crippen molar-refractivity contribution in [3.63, 3.8) is 0 Å². The number of nitrogens with zero attached hydrogens (tertiary/aromatic N) is 6. The molecule has 3 aromatic heterocycles. The van der Waals surface area contributed by atoms with Crippen LogP contribution in [0.2, 0.25) is 5.02 Å². The third-order valence-corrected chi connectivity index (χ3v) is 7.95. The zero-order valence-corrected chi connectivity index (χ0v) is 22.4. The zero-order valence-electron chi connectivity index (χ0n) is 20.8. The van der Waals surface area contributed by atoms with E-state index >= 15 is 0 Å². The molecule has 37 heavy (non-hydrogen) atoms. The molecule has 0 saturated carbocycles. The molecule has 3 aromatic rings. The molecule has 0 radical (unpaired) electrons. The van der Waals surface area contributed by atoms with Gasteiger partial charge in [0.05, 0.1) is 30.9 Å². The zero-order chi connectivity index (χ0) is 26.6. The molecule has 15 heteroatoms. The lowest BCUT2D eigenvalue weighted by Crippen LogP contribution is -2.43. The fraction of sp³-hybridized carbons (Fsp3) is 0.500. The minimum atomic E-state index is -4.06. The monoisotopic (exact) mass is 552 g/mol. The van der Waals surface area contributed by atoms with Crippen LogP contribution in [0, 0.1) is 0 Å². The van der Waals surface area contributed by atoms with Gasteiger partial charge >= 0.3 is 0 Å². The van der Waals surface area contributed by atoms with Gasteiger partial charge in [0.15, 0.2) is 11.6 Å². The fourth-order valence-corrected chi connectivity index (χ4v) is 5.23. The lowest BCUT2D eigenvalue weighted by molar-refractivity contribution is 0.000334. The summed E-state index contributed by atoms with van der Waals surface area (Å²) >= 11 is 5.88. The predicted octanol–water partition coefficient (Wildman–Crippen LogP) is 1.86. The summed E-state index contributed by atoms with van der Waals surface area (Å²) in [5.74, 6) is 0.940. The second kappa shape index (κ2) is 11.6. The third-order valence-electron chi connectivity index (χ3n) is 6.06. The van der Waals surface area contributed by atoms with Crippen molar-refractivity contribution in [3.8, 4) is 17.4 Å². The Labute approximate surface area is 220 Å².